The fourth-order valence-corrected chi connectivity index (χ4v) is 5.35. The maximum Gasteiger partial charge on any atom is 0.344 e. The van der Waals surface area contributed by atoms with Crippen molar-refractivity contribution in [1.82, 2.24) is 0 Å². The average Bonchev–Trinajstić information content (AvgIpc) is 2.77. The monoisotopic (exact) mass is 568 g/mol. The number of para-hydroxylation sites is 2. The number of aromatic hydroxyl groups is 2. The van der Waals surface area contributed by atoms with Gasteiger partial charge in [0, 0.05) is 8.95 Å². The Labute approximate surface area is 203 Å². The van der Waals surface area contributed by atoms with Gasteiger partial charge in [-0.25, -0.2) is 9.59 Å². The van der Waals surface area contributed by atoms with Crippen LogP contribution in [-0.2, 0) is 0 Å². The molecule has 0 saturated carbocycles. The zero-order chi connectivity index (χ0) is 23.3. The van der Waals surface area contributed by atoms with Gasteiger partial charge in [-0.1, -0.05) is 56.1 Å². The van der Waals surface area contributed by atoms with E-state index in [1.165, 1.54) is 0 Å². The average molecular weight is 570 g/mol. The third kappa shape index (κ3) is 3.65. The molecule has 164 valence electrons. The predicted molar refractivity (Wildman–Crippen MR) is 131 cm³/mol. The highest BCUT2D eigenvalue weighted by Gasteiger charge is 2.32. The standard InChI is InChI=1S/C25H14Br2O6/c26-13-9-12(10-14(27)11-13)19(20-22(28)15-5-1-3-7-17(15)32-24(20)30)21-23(29)16-6-2-4-8-18(16)33-25(21)31/h1-11,19,28-29H. The molecule has 0 radical (unpaired) electrons. The van der Waals surface area contributed by atoms with Crippen molar-refractivity contribution in [2.75, 3.05) is 0 Å². The molecule has 0 fully saturated rings. The van der Waals surface area contributed by atoms with Crippen LogP contribution < -0.4 is 11.3 Å². The van der Waals surface area contributed by atoms with Crippen molar-refractivity contribution in [1.29, 1.82) is 0 Å². The molecule has 3 aromatic carbocycles. The second-order valence-corrected chi connectivity index (χ2v) is 9.26. The molecule has 0 saturated heterocycles. The summed E-state index contributed by atoms with van der Waals surface area (Å²) < 4.78 is 12.3. The minimum absolute atomic E-state index is 0.184. The zero-order valence-corrected chi connectivity index (χ0v) is 19.9. The summed E-state index contributed by atoms with van der Waals surface area (Å²) in [5, 5.41) is 22.9. The van der Waals surface area contributed by atoms with Crippen molar-refractivity contribution in [3.63, 3.8) is 0 Å². The van der Waals surface area contributed by atoms with E-state index in [0.29, 0.717) is 25.3 Å². The molecule has 5 rings (SSSR count). The molecule has 0 unspecified atom stereocenters. The molecular formula is C25H14Br2O6. The van der Waals surface area contributed by atoms with Crippen LogP contribution in [0.25, 0.3) is 21.9 Å². The predicted octanol–water partition coefficient (Wildman–Crippen LogP) is 6.02. The number of fused-ring (bicyclic) bond motifs is 2. The summed E-state index contributed by atoms with van der Waals surface area (Å²) in [4.78, 5) is 26.3. The summed E-state index contributed by atoms with van der Waals surface area (Å²) in [5.41, 5.74) is -1.18. The van der Waals surface area contributed by atoms with Gasteiger partial charge in [-0.2, -0.15) is 0 Å². The van der Waals surface area contributed by atoms with Gasteiger partial charge in [0.25, 0.3) is 0 Å². The van der Waals surface area contributed by atoms with E-state index in [2.05, 4.69) is 31.9 Å². The van der Waals surface area contributed by atoms with Gasteiger partial charge < -0.3 is 19.0 Å². The lowest BCUT2D eigenvalue weighted by Gasteiger charge is -2.20. The van der Waals surface area contributed by atoms with E-state index >= 15 is 0 Å². The fraction of sp³-hybridized carbons (Fsp3) is 0.0400. The highest BCUT2D eigenvalue weighted by Crippen LogP contribution is 2.42. The van der Waals surface area contributed by atoms with E-state index in [0.717, 1.165) is 0 Å². The number of hydrogen-bond acceptors (Lipinski definition) is 6. The minimum Gasteiger partial charge on any atom is -0.507 e. The normalized spacial score (nSPS) is 11.5. The molecule has 33 heavy (non-hydrogen) atoms. The van der Waals surface area contributed by atoms with Crippen LogP contribution in [0, 0.1) is 0 Å². The Bertz CT molecular complexity index is 1550. The zero-order valence-electron chi connectivity index (χ0n) is 16.7. The van der Waals surface area contributed by atoms with Crippen LogP contribution in [0.1, 0.15) is 22.6 Å². The minimum atomic E-state index is -1.18. The highest BCUT2D eigenvalue weighted by atomic mass is 79.9. The fourth-order valence-electron chi connectivity index (χ4n) is 4.02. The first-order chi connectivity index (χ1) is 15.8. The molecule has 0 spiro atoms. The largest absolute Gasteiger partial charge is 0.507 e. The van der Waals surface area contributed by atoms with Crippen LogP contribution >= 0.6 is 31.9 Å². The molecule has 8 heteroatoms. The maximum atomic E-state index is 13.1. The van der Waals surface area contributed by atoms with Crippen LogP contribution in [0.15, 0.2) is 94.1 Å². The van der Waals surface area contributed by atoms with E-state index in [4.69, 9.17) is 8.83 Å². The molecule has 6 nitrogen and oxygen atoms in total. The summed E-state index contributed by atoms with van der Waals surface area (Å²) in [5.74, 6) is -1.86. The van der Waals surface area contributed by atoms with Gasteiger partial charge in [0.05, 0.1) is 27.8 Å². The lowest BCUT2D eigenvalue weighted by atomic mass is 9.84. The first kappa shape index (κ1) is 21.5. The molecule has 0 aliphatic carbocycles. The second kappa shape index (κ2) is 8.20. The molecule has 0 bridgehead atoms. The molecular weight excluding hydrogens is 556 g/mol. The summed E-state index contributed by atoms with van der Waals surface area (Å²) in [6, 6.07) is 18.2. The Hall–Kier alpha value is -3.36. The van der Waals surface area contributed by atoms with E-state index < -0.39 is 17.2 Å². The molecule has 0 amide bonds. The topological polar surface area (TPSA) is 101 Å². The van der Waals surface area contributed by atoms with Crippen molar-refractivity contribution < 1.29 is 19.0 Å². The molecule has 0 aliphatic rings. The van der Waals surface area contributed by atoms with Crippen molar-refractivity contribution >= 4 is 53.8 Å². The van der Waals surface area contributed by atoms with E-state index in [1.54, 1.807) is 66.7 Å². The summed E-state index contributed by atoms with van der Waals surface area (Å²) in [6.07, 6.45) is 0. The Morgan fingerprint density at radius 1 is 0.667 bits per heavy atom. The van der Waals surface area contributed by atoms with Crippen molar-refractivity contribution in [2.24, 2.45) is 0 Å². The molecule has 0 atom stereocenters. The Morgan fingerprint density at radius 3 is 1.55 bits per heavy atom. The van der Waals surface area contributed by atoms with Gasteiger partial charge in [-0.15, -0.1) is 0 Å². The Balaban J connectivity index is 1.93. The number of benzene rings is 3. The smallest absolute Gasteiger partial charge is 0.344 e. The van der Waals surface area contributed by atoms with E-state index in [1.807, 2.05) is 0 Å². The number of halogens is 2. The third-order valence-electron chi connectivity index (χ3n) is 5.44. The third-order valence-corrected chi connectivity index (χ3v) is 6.35. The molecule has 0 aliphatic heterocycles. The van der Waals surface area contributed by atoms with Gasteiger partial charge in [0.15, 0.2) is 0 Å². The van der Waals surface area contributed by atoms with Crippen LogP contribution in [0.3, 0.4) is 0 Å². The van der Waals surface area contributed by atoms with Crippen molar-refractivity contribution in [2.45, 2.75) is 5.92 Å². The van der Waals surface area contributed by atoms with Gasteiger partial charge >= 0.3 is 11.3 Å². The quantitative estimate of drug-likeness (QED) is 0.258. The highest BCUT2D eigenvalue weighted by molar-refractivity contribution is 9.11. The summed E-state index contributed by atoms with van der Waals surface area (Å²) in [6.45, 7) is 0. The Kier molecular flexibility index (Phi) is 5.34. The van der Waals surface area contributed by atoms with Crippen LogP contribution in [0.4, 0.5) is 0 Å². The van der Waals surface area contributed by atoms with E-state index in [9.17, 15) is 19.8 Å². The van der Waals surface area contributed by atoms with Crippen molar-refractivity contribution in [3.05, 3.63) is 113 Å². The van der Waals surface area contributed by atoms with Crippen LogP contribution in [-0.4, -0.2) is 10.2 Å². The second-order valence-electron chi connectivity index (χ2n) is 7.43. The first-order valence-corrected chi connectivity index (χ1v) is 11.4. The van der Waals surface area contributed by atoms with Crippen LogP contribution in [0.5, 0.6) is 11.5 Å². The Morgan fingerprint density at radius 2 is 1.09 bits per heavy atom. The molecule has 2 N–H and O–H groups in total. The summed E-state index contributed by atoms with van der Waals surface area (Å²) >= 11 is 6.84. The lowest BCUT2D eigenvalue weighted by molar-refractivity contribution is 0.441. The molecule has 5 aromatic rings. The molecule has 2 aromatic heterocycles. The van der Waals surface area contributed by atoms with Crippen LogP contribution in [0.2, 0.25) is 0 Å². The SMILES string of the molecule is O=c1oc2ccccc2c(O)c1C(c1cc(Br)cc(Br)c1)c1c(O)c2ccccc2oc1=O. The summed E-state index contributed by atoms with van der Waals surface area (Å²) in [7, 11) is 0. The van der Waals surface area contributed by atoms with Gasteiger partial charge in [0.1, 0.15) is 22.7 Å². The van der Waals surface area contributed by atoms with Gasteiger partial charge in [-0.3, -0.25) is 0 Å². The number of hydrogen-bond donors (Lipinski definition) is 2. The number of rotatable bonds is 3. The lowest BCUT2D eigenvalue weighted by Crippen LogP contribution is -2.21. The van der Waals surface area contributed by atoms with E-state index in [-0.39, 0.29) is 33.8 Å². The van der Waals surface area contributed by atoms with Gasteiger partial charge in [0.2, 0.25) is 0 Å². The van der Waals surface area contributed by atoms with Crippen molar-refractivity contribution in [3.8, 4) is 11.5 Å². The molecule has 2 heterocycles. The van der Waals surface area contributed by atoms with Gasteiger partial charge in [-0.05, 0) is 48.0 Å². The maximum absolute atomic E-state index is 13.1. The first-order valence-electron chi connectivity index (χ1n) is 9.80.